The molecule has 0 spiro atoms. The lowest BCUT2D eigenvalue weighted by molar-refractivity contribution is -0.144. The lowest BCUT2D eigenvalue weighted by Gasteiger charge is -2.37. The Bertz CT molecular complexity index is 1040. The summed E-state index contributed by atoms with van der Waals surface area (Å²) in [4.78, 5) is 41.6. The van der Waals surface area contributed by atoms with E-state index in [9.17, 15) is 19.5 Å². The molecular formula is C28H39N3O5S. The average molecular weight is 530 g/mol. The number of amides is 3. The molecule has 2 atom stereocenters. The predicted octanol–water partition coefficient (Wildman–Crippen LogP) is 4.63. The van der Waals surface area contributed by atoms with E-state index in [1.54, 1.807) is 64.6 Å². The zero-order chi connectivity index (χ0) is 27.6. The van der Waals surface area contributed by atoms with Crippen LogP contribution in [0, 0.1) is 0 Å². The maximum Gasteiger partial charge on any atom is 0.408 e. The molecule has 37 heavy (non-hydrogen) atoms. The summed E-state index contributed by atoms with van der Waals surface area (Å²) in [6, 6.07) is 13.5. The van der Waals surface area contributed by atoms with Gasteiger partial charge < -0.3 is 25.4 Å². The van der Waals surface area contributed by atoms with Gasteiger partial charge in [-0.1, -0.05) is 48.5 Å². The molecule has 0 radical (unpaired) electrons. The normalized spacial score (nSPS) is 12.9. The van der Waals surface area contributed by atoms with Gasteiger partial charge in [-0.15, -0.1) is 0 Å². The van der Waals surface area contributed by atoms with Crippen molar-refractivity contribution in [1.82, 2.24) is 15.5 Å². The number of phenolic OH excluding ortho intramolecular Hbond substituents is 1. The first-order valence-corrected chi connectivity index (χ1v) is 13.7. The van der Waals surface area contributed by atoms with Gasteiger partial charge in [0.25, 0.3) is 0 Å². The second-order valence-corrected chi connectivity index (χ2v) is 11.0. The van der Waals surface area contributed by atoms with Crippen LogP contribution in [0.25, 0.3) is 0 Å². The van der Waals surface area contributed by atoms with Gasteiger partial charge in [-0.2, -0.15) is 11.8 Å². The minimum Gasteiger partial charge on any atom is -0.508 e. The number of nitrogens with zero attached hydrogens (tertiary/aromatic N) is 1. The standard InChI is InChI=1S/C28H39N3O5S/c1-19(2)31(26(34)22(16-17-37-6)30-27(35)36-28(3,4)5)24(21-14-10-11-15-23(21)32)25(33)29-18-20-12-8-7-9-13-20/h7-15,19,22,24,32H,16-18H2,1-6H3,(H,29,33)(H,30,35). The van der Waals surface area contributed by atoms with Crippen LogP contribution < -0.4 is 10.6 Å². The van der Waals surface area contributed by atoms with E-state index < -0.39 is 41.6 Å². The van der Waals surface area contributed by atoms with Gasteiger partial charge >= 0.3 is 6.09 Å². The highest BCUT2D eigenvalue weighted by Crippen LogP contribution is 2.31. The number of para-hydroxylation sites is 1. The number of alkyl carbamates (subject to hydrolysis) is 1. The molecule has 2 rings (SSSR count). The molecule has 0 aromatic heterocycles. The number of hydrogen-bond donors (Lipinski definition) is 3. The SMILES string of the molecule is CSCCC(NC(=O)OC(C)(C)C)C(=O)N(C(C)C)C(C(=O)NCc1ccccc1)c1ccccc1O. The van der Waals surface area contributed by atoms with Gasteiger partial charge in [-0.25, -0.2) is 4.79 Å². The summed E-state index contributed by atoms with van der Waals surface area (Å²) in [7, 11) is 0. The summed E-state index contributed by atoms with van der Waals surface area (Å²) in [5, 5.41) is 16.3. The summed E-state index contributed by atoms with van der Waals surface area (Å²) in [6.07, 6.45) is 1.56. The molecule has 0 aliphatic carbocycles. The van der Waals surface area contributed by atoms with Gasteiger partial charge in [0, 0.05) is 18.2 Å². The van der Waals surface area contributed by atoms with Crippen LogP contribution in [-0.4, -0.2) is 57.6 Å². The molecule has 0 bridgehead atoms. The molecule has 2 unspecified atom stereocenters. The van der Waals surface area contributed by atoms with Crippen LogP contribution in [0.1, 0.15) is 58.2 Å². The predicted molar refractivity (Wildman–Crippen MR) is 147 cm³/mol. The average Bonchev–Trinajstić information content (AvgIpc) is 2.83. The highest BCUT2D eigenvalue weighted by atomic mass is 32.2. The minimum atomic E-state index is -1.12. The van der Waals surface area contributed by atoms with Crippen molar-refractivity contribution in [3.8, 4) is 5.75 Å². The van der Waals surface area contributed by atoms with E-state index in [2.05, 4.69) is 10.6 Å². The Morgan fingerprint density at radius 2 is 1.65 bits per heavy atom. The van der Waals surface area contributed by atoms with E-state index in [0.717, 1.165) is 5.56 Å². The fraction of sp³-hybridized carbons (Fsp3) is 0.464. The van der Waals surface area contributed by atoms with E-state index in [0.29, 0.717) is 17.7 Å². The molecule has 8 nitrogen and oxygen atoms in total. The maximum atomic E-state index is 14.0. The highest BCUT2D eigenvalue weighted by Gasteiger charge is 2.38. The van der Waals surface area contributed by atoms with Crippen molar-refractivity contribution < 1.29 is 24.2 Å². The maximum absolute atomic E-state index is 14.0. The fourth-order valence-corrected chi connectivity index (χ4v) is 4.29. The number of ether oxygens (including phenoxy) is 1. The van der Waals surface area contributed by atoms with E-state index in [-0.39, 0.29) is 12.3 Å². The van der Waals surface area contributed by atoms with Crippen molar-refractivity contribution in [1.29, 1.82) is 0 Å². The molecule has 0 saturated heterocycles. The van der Waals surface area contributed by atoms with Gasteiger partial charge in [0.2, 0.25) is 11.8 Å². The van der Waals surface area contributed by atoms with Gasteiger partial charge in [0.15, 0.2) is 0 Å². The monoisotopic (exact) mass is 529 g/mol. The topological polar surface area (TPSA) is 108 Å². The van der Waals surface area contributed by atoms with E-state index >= 15 is 0 Å². The summed E-state index contributed by atoms with van der Waals surface area (Å²) in [6.45, 7) is 9.10. The quantitative estimate of drug-likeness (QED) is 0.392. The van der Waals surface area contributed by atoms with Crippen LogP contribution in [0.5, 0.6) is 5.75 Å². The Kier molecular flexibility index (Phi) is 11.3. The number of hydrogen-bond acceptors (Lipinski definition) is 6. The zero-order valence-electron chi connectivity index (χ0n) is 22.5. The number of carbonyl (C=O) groups excluding carboxylic acids is 3. The van der Waals surface area contributed by atoms with Crippen LogP contribution in [-0.2, 0) is 20.9 Å². The Hall–Kier alpha value is -3.20. The molecule has 202 valence electrons. The number of aromatic hydroxyl groups is 1. The van der Waals surface area contributed by atoms with Crippen molar-refractivity contribution in [3.63, 3.8) is 0 Å². The fourth-order valence-electron chi connectivity index (χ4n) is 3.82. The second-order valence-electron chi connectivity index (χ2n) is 9.98. The van der Waals surface area contributed by atoms with Gasteiger partial charge in [0.05, 0.1) is 0 Å². The Morgan fingerprint density at radius 1 is 1.03 bits per heavy atom. The van der Waals surface area contributed by atoms with Gasteiger partial charge in [0.1, 0.15) is 23.4 Å². The van der Waals surface area contributed by atoms with Crippen LogP contribution in [0.3, 0.4) is 0 Å². The first-order valence-electron chi connectivity index (χ1n) is 12.3. The number of carbonyl (C=O) groups is 3. The van der Waals surface area contributed by atoms with Gasteiger partial charge in [-0.05, 0) is 64.7 Å². The minimum absolute atomic E-state index is 0.0958. The van der Waals surface area contributed by atoms with E-state index in [1.807, 2.05) is 36.6 Å². The molecule has 9 heteroatoms. The lowest BCUT2D eigenvalue weighted by Crippen LogP contribution is -2.55. The molecule has 0 aliphatic heterocycles. The Labute approximate surface area is 224 Å². The molecule has 3 amide bonds. The summed E-state index contributed by atoms with van der Waals surface area (Å²) < 4.78 is 5.39. The zero-order valence-corrected chi connectivity index (χ0v) is 23.3. The smallest absolute Gasteiger partial charge is 0.408 e. The number of nitrogens with one attached hydrogen (secondary N) is 2. The number of phenols is 1. The molecule has 2 aromatic carbocycles. The molecule has 0 fully saturated rings. The van der Waals surface area contributed by atoms with Crippen molar-refractivity contribution in [2.24, 2.45) is 0 Å². The van der Waals surface area contributed by atoms with E-state index in [4.69, 9.17) is 4.74 Å². The van der Waals surface area contributed by atoms with Crippen LogP contribution >= 0.6 is 11.8 Å². The first-order chi connectivity index (χ1) is 17.4. The Morgan fingerprint density at radius 3 is 2.22 bits per heavy atom. The second kappa shape index (κ2) is 13.9. The third-order valence-corrected chi connectivity index (χ3v) is 6.12. The van der Waals surface area contributed by atoms with Gasteiger partial charge in [-0.3, -0.25) is 9.59 Å². The number of benzene rings is 2. The molecular weight excluding hydrogens is 490 g/mol. The molecule has 2 aromatic rings. The third kappa shape index (κ3) is 9.31. The van der Waals surface area contributed by atoms with Crippen LogP contribution in [0.4, 0.5) is 4.79 Å². The third-order valence-electron chi connectivity index (χ3n) is 5.48. The summed E-state index contributed by atoms with van der Waals surface area (Å²) >= 11 is 1.54. The van der Waals surface area contributed by atoms with Crippen LogP contribution in [0.15, 0.2) is 54.6 Å². The molecule has 0 aliphatic rings. The summed E-state index contributed by atoms with van der Waals surface area (Å²) in [5.41, 5.74) is 0.472. The number of thioether (sulfide) groups is 1. The summed E-state index contributed by atoms with van der Waals surface area (Å²) in [5.74, 6) is -0.354. The Balaban J connectivity index is 2.43. The lowest BCUT2D eigenvalue weighted by atomic mass is 9.99. The van der Waals surface area contributed by atoms with Crippen molar-refractivity contribution in [3.05, 3.63) is 65.7 Å². The van der Waals surface area contributed by atoms with Crippen molar-refractivity contribution in [2.75, 3.05) is 12.0 Å². The van der Waals surface area contributed by atoms with E-state index in [1.165, 1.54) is 11.0 Å². The van der Waals surface area contributed by atoms with Crippen molar-refractivity contribution in [2.45, 2.75) is 71.3 Å². The molecule has 0 saturated carbocycles. The van der Waals surface area contributed by atoms with Crippen molar-refractivity contribution >= 4 is 29.7 Å². The molecule has 3 N–H and O–H groups in total. The van der Waals surface area contributed by atoms with Crippen LogP contribution in [0.2, 0.25) is 0 Å². The largest absolute Gasteiger partial charge is 0.508 e. The number of rotatable bonds is 11. The first kappa shape index (κ1) is 30.0. The molecule has 0 heterocycles. The highest BCUT2D eigenvalue weighted by molar-refractivity contribution is 7.98.